The Morgan fingerprint density at radius 1 is 0.308 bits per heavy atom. The topological polar surface area (TPSA) is 95.9 Å². The number of nitrogens with one attached hydrogen (secondary N) is 1. The molecule has 0 aromatic carbocycles. The van der Waals surface area contributed by atoms with Crippen LogP contribution in [0.4, 0.5) is 0 Å². The maximum atomic E-state index is 12.6. The van der Waals surface area contributed by atoms with Crippen LogP contribution >= 0.6 is 0 Å². The van der Waals surface area contributed by atoms with Crippen LogP contribution in [0, 0.1) is 0 Å². The van der Waals surface area contributed by atoms with Crippen LogP contribution in [0.1, 0.15) is 457 Å². The quantitative estimate of drug-likeness (QED) is 0.0320. The second kappa shape index (κ2) is 80.3. The summed E-state index contributed by atoms with van der Waals surface area (Å²) >= 11 is 0. The number of allylic oxidation sites excluding steroid dienone is 8. The number of aliphatic hydroxyl groups is 2. The first-order valence-corrected chi connectivity index (χ1v) is 41.4. The lowest BCUT2D eigenvalue weighted by Gasteiger charge is -2.22. The summed E-state index contributed by atoms with van der Waals surface area (Å²) in [5.41, 5.74) is 0. The van der Waals surface area contributed by atoms with Crippen LogP contribution in [0.25, 0.3) is 0 Å². The normalized spacial score (nSPS) is 12.7. The van der Waals surface area contributed by atoms with Crippen molar-refractivity contribution in [2.24, 2.45) is 0 Å². The molecule has 0 aliphatic rings. The SMILES string of the molecule is CCCCC/C=C\C/C=C\CCCCCCCCCC(=O)OCCCCCCCCCCCCC/C=C\C/C=C\CCCCCCCCCCCCCCCCCCCC(=O)NC(CO)C(O)CCCCCCCCCCCCCCCCCCCCCCCC. The summed E-state index contributed by atoms with van der Waals surface area (Å²) in [6, 6.07) is -0.542. The highest BCUT2D eigenvalue weighted by Gasteiger charge is 2.20. The number of unbranched alkanes of at least 4 members (excludes halogenated alkanes) is 59. The highest BCUT2D eigenvalue weighted by atomic mass is 16.5. The van der Waals surface area contributed by atoms with Gasteiger partial charge in [-0.2, -0.15) is 0 Å². The zero-order valence-electron chi connectivity index (χ0n) is 61.6. The highest BCUT2D eigenvalue weighted by molar-refractivity contribution is 5.76. The predicted octanol–water partition coefficient (Wildman–Crippen LogP) is 27.5. The van der Waals surface area contributed by atoms with E-state index in [1.54, 1.807) is 0 Å². The molecule has 0 bridgehead atoms. The first-order valence-electron chi connectivity index (χ1n) is 41.4. The number of esters is 1. The second-order valence-electron chi connectivity index (χ2n) is 28.5. The second-order valence-corrected chi connectivity index (χ2v) is 28.5. The summed E-state index contributed by atoms with van der Waals surface area (Å²) < 4.78 is 5.50. The van der Waals surface area contributed by atoms with Crippen molar-refractivity contribution in [1.29, 1.82) is 0 Å². The Morgan fingerprint density at radius 3 is 0.857 bits per heavy atom. The van der Waals surface area contributed by atoms with Crippen molar-refractivity contribution in [1.82, 2.24) is 5.32 Å². The van der Waals surface area contributed by atoms with E-state index in [4.69, 9.17) is 4.74 Å². The molecule has 0 aliphatic carbocycles. The van der Waals surface area contributed by atoms with Gasteiger partial charge in [0.1, 0.15) is 0 Å². The van der Waals surface area contributed by atoms with E-state index in [9.17, 15) is 19.8 Å². The fourth-order valence-corrected chi connectivity index (χ4v) is 13.1. The minimum Gasteiger partial charge on any atom is -0.466 e. The summed E-state index contributed by atoms with van der Waals surface area (Å²) in [4.78, 5) is 24.7. The lowest BCUT2D eigenvalue weighted by Crippen LogP contribution is -2.45. The zero-order valence-corrected chi connectivity index (χ0v) is 61.6. The minimum absolute atomic E-state index is 0.00958. The van der Waals surface area contributed by atoms with Gasteiger partial charge in [0, 0.05) is 12.8 Å². The Bertz CT molecular complexity index is 1520. The van der Waals surface area contributed by atoms with E-state index < -0.39 is 12.1 Å². The van der Waals surface area contributed by atoms with Gasteiger partial charge >= 0.3 is 5.97 Å². The summed E-state index contributed by atoms with van der Waals surface area (Å²) in [5, 5.41) is 23.5. The molecule has 0 heterocycles. The molecule has 1 amide bonds. The van der Waals surface area contributed by atoms with Crippen LogP contribution in [0.5, 0.6) is 0 Å². The van der Waals surface area contributed by atoms with E-state index in [2.05, 4.69) is 67.8 Å². The number of aliphatic hydroxyl groups excluding tert-OH is 2. The van der Waals surface area contributed by atoms with Gasteiger partial charge < -0.3 is 20.3 Å². The number of rotatable bonds is 78. The van der Waals surface area contributed by atoms with Gasteiger partial charge in [0.25, 0.3) is 0 Å². The number of ether oxygens (including phenoxy) is 1. The molecule has 536 valence electrons. The van der Waals surface area contributed by atoms with E-state index >= 15 is 0 Å². The molecule has 0 fully saturated rings. The van der Waals surface area contributed by atoms with Crippen LogP contribution in [-0.2, 0) is 14.3 Å². The molecule has 3 N–H and O–H groups in total. The number of carbonyl (C=O) groups is 2. The largest absolute Gasteiger partial charge is 0.466 e. The Labute approximate surface area is 569 Å². The molecule has 0 radical (unpaired) electrons. The van der Waals surface area contributed by atoms with Gasteiger partial charge in [0.15, 0.2) is 0 Å². The van der Waals surface area contributed by atoms with Crippen LogP contribution in [0.15, 0.2) is 48.6 Å². The van der Waals surface area contributed by atoms with Crippen LogP contribution in [-0.4, -0.2) is 47.4 Å². The molecule has 6 heteroatoms. The number of hydrogen-bond acceptors (Lipinski definition) is 5. The number of amides is 1. The molecule has 0 saturated heterocycles. The first-order chi connectivity index (χ1) is 45.0. The molecule has 0 aromatic rings. The maximum absolute atomic E-state index is 12.6. The molecule has 2 atom stereocenters. The van der Waals surface area contributed by atoms with E-state index in [0.717, 1.165) is 57.8 Å². The van der Waals surface area contributed by atoms with E-state index in [1.165, 1.54) is 366 Å². The molecule has 0 aromatic heterocycles. The van der Waals surface area contributed by atoms with Crippen molar-refractivity contribution in [3.8, 4) is 0 Å². The fraction of sp³-hybridized carbons (Fsp3) is 0.882. The average molecular weight is 1280 g/mol. The van der Waals surface area contributed by atoms with Gasteiger partial charge in [0.05, 0.1) is 25.4 Å². The first kappa shape index (κ1) is 88.8. The molecule has 91 heavy (non-hydrogen) atoms. The maximum Gasteiger partial charge on any atom is 0.305 e. The molecular weight excluding hydrogens is 1110 g/mol. The van der Waals surface area contributed by atoms with Gasteiger partial charge in [-0.05, 0) is 89.9 Å². The number of carbonyl (C=O) groups excluding carboxylic acids is 2. The fourth-order valence-electron chi connectivity index (χ4n) is 13.1. The van der Waals surface area contributed by atoms with Gasteiger partial charge in [-0.1, -0.05) is 403 Å². The summed E-state index contributed by atoms with van der Waals surface area (Å²) in [5.74, 6) is -0.0180. The molecule has 0 saturated carbocycles. The third-order valence-corrected chi connectivity index (χ3v) is 19.4. The van der Waals surface area contributed by atoms with Crippen molar-refractivity contribution in [2.45, 2.75) is 469 Å². The third-order valence-electron chi connectivity index (χ3n) is 19.4. The van der Waals surface area contributed by atoms with Gasteiger partial charge in [-0.25, -0.2) is 0 Å². The molecular formula is C85H161NO5. The Hall–Kier alpha value is -2.18. The summed E-state index contributed by atoms with van der Waals surface area (Å²) in [7, 11) is 0. The van der Waals surface area contributed by atoms with Crippen molar-refractivity contribution in [2.75, 3.05) is 13.2 Å². The predicted molar refractivity (Wildman–Crippen MR) is 402 cm³/mol. The Morgan fingerprint density at radius 2 is 0.549 bits per heavy atom. The van der Waals surface area contributed by atoms with Crippen molar-refractivity contribution < 1.29 is 24.5 Å². The monoisotopic (exact) mass is 1280 g/mol. The van der Waals surface area contributed by atoms with Crippen LogP contribution in [0.2, 0.25) is 0 Å². The smallest absolute Gasteiger partial charge is 0.305 e. The standard InChI is InChI=1S/C85H161NO5/c1-3-5-7-9-11-13-15-17-19-21-22-23-39-42-46-49-53-57-61-65-69-73-77-83(88)82(81-87)86-84(89)78-74-70-66-62-58-54-50-47-43-40-37-35-33-31-29-27-25-24-26-28-30-32-34-36-38-41-44-48-52-56-60-64-68-72-76-80-91-85(90)79-75-71-67-63-59-55-51-45-20-18-16-14-12-10-8-6-4-2/h12,14,18,20,26,28,32,34,82-83,87-88H,3-11,13,15-17,19,21-25,27,29-31,33,35-81H2,1-2H3,(H,86,89)/b14-12-,20-18-,28-26-,34-32-. The molecule has 0 spiro atoms. The van der Waals surface area contributed by atoms with Crippen molar-refractivity contribution >= 4 is 11.9 Å². The molecule has 0 rings (SSSR count). The zero-order chi connectivity index (χ0) is 65.6. The highest BCUT2D eigenvalue weighted by Crippen LogP contribution is 2.20. The van der Waals surface area contributed by atoms with Crippen molar-refractivity contribution in [3.05, 3.63) is 48.6 Å². The van der Waals surface area contributed by atoms with E-state index in [-0.39, 0.29) is 18.5 Å². The lowest BCUT2D eigenvalue weighted by molar-refractivity contribution is -0.143. The van der Waals surface area contributed by atoms with E-state index in [0.29, 0.717) is 25.9 Å². The lowest BCUT2D eigenvalue weighted by atomic mass is 10.0. The van der Waals surface area contributed by atoms with Crippen molar-refractivity contribution in [3.63, 3.8) is 0 Å². The van der Waals surface area contributed by atoms with Crippen LogP contribution in [0.3, 0.4) is 0 Å². The minimum atomic E-state index is -0.665. The van der Waals surface area contributed by atoms with Gasteiger partial charge in [-0.15, -0.1) is 0 Å². The van der Waals surface area contributed by atoms with E-state index in [1.807, 2.05) is 0 Å². The average Bonchev–Trinajstić information content (AvgIpc) is 3.59. The van der Waals surface area contributed by atoms with Crippen LogP contribution < -0.4 is 5.32 Å². The molecule has 6 nitrogen and oxygen atoms in total. The summed E-state index contributed by atoms with van der Waals surface area (Å²) in [6.45, 7) is 4.97. The summed E-state index contributed by atoms with van der Waals surface area (Å²) in [6.07, 6.45) is 106. The Balaban J connectivity index is 3.37. The number of hydrogen-bond donors (Lipinski definition) is 3. The molecule has 2 unspecified atom stereocenters. The Kier molecular flexibility index (Phi) is 78.3. The third kappa shape index (κ3) is 76.7. The van der Waals surface area contributed by atoms with Gasteiger partial charge in [0.2, 0.25) is 5.91 Å². The molecule has 0 aliphatic heterocycles. The van der Waals surface area contributed by atoms with Gasteiger partial charge in [-0.3, -0.25) is 9.59 Å².